The Kier molecular flexibility index (Phi) is 8.09. The third kappa shape index (κ3) is 5.87. The molecule has 0 saturated carbocycles. The molecule has 0 saturated heterocycles. The Morgan fingerprint density at radius 3 is 1.81 bits per heavy atom. The van der Waals surface area contributed by atoms with Gasteiger partial charge in [-0.25, -0.2) is 0 Å². The number of rotatable bonds is 3. The molecule has 57 heavy (non-hydrogen) atoms. The maximum Gasteiger partial charge on any atom is 0.0550 e. The molecule has 2 heterocycles. The van der Waals surface area contributed by atoms with Crippen LogP contribution in [0.1, 0.15) is 51.3 Å². The number of fused-ring (bicyclic) bond motifs is 13. The molecule has 10 rings (SSSR count). The van der Waals surface area contributed by atoms with Gasteiger partial charge in [0.25, 0.3) is 0 Å². The number of para-hydroxylation sites is 2. The van der Waals surface area contributed by atoms with Crippen LogP contribution in [0.15, 0.2) is 188 Å². The van der Waals surface area contributed by atoms with Crippen molar-refractivity contribution < 1.29 is 0 Å². The Labute approximate surface area is 336 Å². The van der Waals surface area contributed by atoms with Gasteiger partial charge in [0.1, 0.15) is 0 Å². The van der Waals surface area contributed by atoms with Gasteiger partial charge >= 0.3 is 0 Å². The lowest BCUT2D eigenvalue weighted by Crippen LogP contribution is -2.19. The zero-order valence-corrected chi connectivity index (χ0v) is 33.3. The third-order valence-corrected chi connectivity index (χ3v) is 12.2. The van der Waals surface area contributed by atoms with Crippen molar-refractivity contribution in [2.45, 2.75) is 45.4 Å². The smallest absolute Gasteiger partial charge is 0.0550 e. The van der Waals surface area contributed by atoms with E-state index in [0.717, 1.165) is 17.1 Å². The lowest BCUT2D eigenvalue weighted by atomic mass is 9.76. The van der Waals surface area contributed by atoms with Gasteiger partial charge in [-0.1, -0.05) is 162 Å². The maximum atomic E-state index is 2.50. The van der Waals surface area contributed by atoms with E-state index in [2.05, 4.69) is 232 Å². The topological polar surface area (TPSA) is 8.17 Å². The van der Waals surface area contributed by atoms with Crippen LogP contribution in [0.4, 0.5) is 17.1 Å². The molecule has 0 unspecified atom stereocenters. The Morgan fingerprint density at radius 2 is 1.05 bits per heavy atom. The molecule has 2 heteroatoms. The van der Waals surface area contributed by atoms with Crippen LogP contribution in [0.3, 0.4) is 0 Å². The number of hydrogen-bond acceptors (Lipinski definition) is 1. The molecule has 2 nitrogen and oxygen atoms in total. The van der Waals surface area contributed by atoms with Crippen LogP contribution < -0.4 is 4.90 Å². The van der Waals surface area contributed by atoms with Crippen LogP contribution in [0, 0.1) is 0 Å². The molecule has 1 aromatic heterocycles. The normalized spacial score (nSPS) is 13.5. The Bertz CT molecular complexity index is 2940. The molecule has 0 amide bonds. The minimum Gasteiger partial charge on any atom is -0.310 e. The summed E-state index contributed by atoms with van der Waals surface area (Å²) < 4.78 is 2.50. The van der Waals surface area contributed by atoms with Gasteiger partial charge in [-0.3, -0.25) is 0 Å². The third-order valence-electron chi connectivity index (χ3n) is 12.2. The van der Waals surface area contributed by atoms with E-state index in [-0.39, 0.29) is 10.8 Å². The second-order valence-corrected chi connectivity index (χ2v) is 17.1. The molecule has 1 aliphatic heterocycles. The van der Waals surface area contributed by atoms with E-state index in [9.17, 15) is 0 Å². The average Bonchev–Trinajstić information content (AvgIpc) is 3.58. The zero-order valence-electron chi connectivity index (χ0n) is 33.3. The summed E-state index contributed by atoms with van der Waals surface area (Å²) >= 11 is 0. The van der Waals surface area contributed by atoms with E-state index in [4.69, 9.17) is 0 Å². The quantitative estimate of drug-likeness (QED) is 0.175. The Balaban J connectivity index is 1.31. The lowest BCUT2D eigenvalue weighted by molar-refractivity contribution is 0.591. The summed E-state index contributed by atoms with van der Waals surface area (Å²) in [6.07, 6.45) is 0. The van der Waals surface area contributed by atoms with Gasteiger partial charge in [-0.05, 0) is 111 Å². The first-order valence-corrected chi connectivity index (χ1v) is 20.1. The van der Waals surface area contributed by atoms with Crippen molar-refractivity contribution in [3.63, 3.8) is 0 Å². The van der Waals surface area contributed by atoms with Crippen LogP contribution in [0.25, 0.3) is 60.9 Å². The average molecular weight is 735 g/mol. The largest absolute Gasteiger partial charge is 0.310 e. The van der Waals surface area contributed by atoms with Crippen molar-refractivity contribution in [2.75, 3.05) is 4.90 Å². The molecular weight excluding hydrogens is 689 g/mol. The van der Waals surface area contributed by atoms with E-state index < -0.39 is 0 Å². The molecule has 0 spiro atoms. The molecule has 0 aliphatic carbocycles. The van der Waals surface area contributed by atoms with Gasteiger partial charge in [-0.2, -0.15) is 0 Å². The zero-order chi connectivity index (χ0) is 38.9. The highest BCUT2D eigenvalue weighted by molar-refractivity contribution is 6.16. The summed E-state index contributed by atoms with van der Waals surface area (Å²) in [4.78, 5) is 2.44. The summed E-state index contributed by atoms with van der Waals surface area (Å²) in [6.45, 7) is 11.7. The Hall–Kier alpha value is -6.64. The Morgan fingerprint density at radius 1 is 0.421 bits per heavy atom. The standard InChI is InChI=1S/C55H46N2/c1-54(2,3)41-28-31-48-51(35-41)57(44-21-10-7-11-22-44)52-36-43-34-49(53(48)52)40-19-15-23-46(33-40)56(45-29-26-38(27-30-45)37-16-8-6-9-17-37)50-25-13-12-24-47(50)39-18-14-20-42(32-39)55(43,4)5/h6-36H,1-5H3. The van der Waals surface area contributed by atoms with E-state index in [0.29, 0.717) is 0 Å². The first-order chi connectivity index (χ1) is 27.6. The highest BCUT2D eigenvalue weighted by atomic mass is 15.1. The van der Waals surface area contributed by atoms with Gasteiger partial charge in [-0.15, -0.1) is 0 Å². The SMILES string of the molecule is CC(C)(C)c1ccc2c3c4cc(cc3n(-c3ccccc3)c2c1)C(C)(C)c1cccc(c1)-c1ccccc1N(c1ccc(-c2ccccc2)cc1)c1cccc-4c1. The van der Waals surface area contributed by atoms with Crippen molar-refractivity contribution >= 4 is 38.9 Å². The molecule has 9 aromatic rings. The number of anilines is 3. The lowest BCUT2D eigenvalue weighted by Gasteiger charge is -2.29. The van der Waals surface area contributed by atoms with E-state index >= 15 is 0 Å². The van der Waals surface area contributed by atoms with Gasteiger partial charge < -0.3 is 9.47 Å². The molecule has 6 bridgehead atoms. The first-order valence-electron chi connectivity index (χ1n) is 20.1. The molecule has 0 N–H and O–H groups in total. The van der Waals surface area contributed by atoms with Crippen LogP contribution >= 0.6 is 0 Å². The molecule has 8 aromatic carbocycles. The van der Waals surface area contributed by atoms with Crippen LogP contribution in [-0.4, -0.2) is 4.57 Å². The fraction of sp³-hybridized carbons (Fsp3) is 0.127. The molecule has 1 aliphatic rings. The predicted octanol–water partition coefficient (Wildman–Crippen LogP) is 15.2. The molecule has 0 radical (unpaired) electrons. The minimum absolute atomic E-state index is 0.00824. The summed E-state index contributed by atoms with van der Waals surface area (Å²) in [6, 6.07) is 69.9. The van der Waals surface area contributed by atoms with Gasteiger partial charge in [0, 0.05) is 38.8 Å². The van der Waals surface area contributed by atoms with Crippen molar-refractivity contribution in [3.05, 3.63) is 205 Å². The highest BCUT2D eigenvalue weighted by Crippen LogP contribution is 2.48. The molecule has 0 fully saturated rings. The van der Waals surface area contributed by atoms with Crippen LogP contribution in [0.5, 0.6) is 0 Å². The fourth-order valence-electron chi connectivity index (χ4n) is 8.88. The second kappa shape index (κ2) is 13.2. The molecular formula is C55H46N2. The van der Waals surface area contributed by atoms with Crippen molar-refractivity contribution in [3.8, 4) is 39.1 Å². The monoisotopic (exact) mass is 734 g/mol. The van der Waals surface area contributed by atoms with Gasteiger partial charge in [0.05, 0.1) is 16.7 Å². The maximum absolute atomic E-state index is 2.50. The molecule has 0 atom stereocenters. The summed E-state index contributed by atoms with van der Waals surface area (Å²) in [5.74, 6) is 0. The van der Waals surface area contributed by atoms with Crippen LogP contribution in [0.2, 0.25) is 0 Å². The predicted molar refractivity (Wildman–Crippen MR) is 243 cm³/mol. The summed E-state index contributed by atoms with van der Waals surface area (Å²) in [5, 5.41) is 2.53. The van der Waals surface area contributed by atoms with E-state index in [1.807, 2.05) is 0 Å². The number of hydrogen-bond donors (Lipinski definition) is 0. The first kappa shape index (κ1) is 34.8. The number of aromatic nitrogens is 1. The highest BCUT2D eigenvalue weighted by Gasteiger charge is 2.29. The second-order valence-electron chi connectivity index (χ2n) is 17.1. The summed E-state index contributed by atoms with van der Waals surface area (Å²) in [5.41, 5.74) is 17.8. The van der Waals surface area contributed by atoms with Gasteiger partial charge in [0.15, 0.2) is 0 Å². The number of benzene rings is 8. The molecule has 276 valence electrons. The van der Waals surface area contributed by atoms with Gasteiger partial charge in [0.2, 0.25) is 0 Å². The van der Waals surface area contributed by atoms with Crippen LogP contribution in [-0.2, 0) is 10.8 Å². The van der Waals surface area contributed by atoms with E-state index in [1.54, 1.807) is 0 Å². The number of nitrogens with zero attached hydrogens (tertiary/aromatic N) is 2. The van der Waals surface area contributed by atoms with Crippen molar-refractivity contribution in [1.82, 2.24) is 4.57 Å². The van der Waals surface area contributed by atoms with Crippen molar-refractivity contribution in [1.29, 1.82) is 0 Å². The fourth-order valence-corrected chi connectivity index (χ4v) is 8.88. The summed E-state index contributed by atoms with van der Waals surface area (Å²) in [7, 11) is 0. The van der Waals surface area contributed by atoms with E-state index in [1.165, 1.54) is 77.6 Å². The van der Waals surface area contributed by atoms with Crippen molar-refractivity contribution in [2.24, 2.45) is 0 Å². The minimum atomic E-state index is -0.305.